The predicted molar refractivity (Wildman–Crippen MR) is 60.5 cm³/mol. The molecule has 0 N–H and O–H groups in total. The molecule has 3 rings (SSSR count). The smallest absolute Gasteiger partial charge is 0.184 e. The molecule has 2 aliphatic heterocycles. The first-order chi connectivity index (χ1) is 8.36. The van der Waals surface area contributed by atoms with Crippen molar-refractivity contribution in [3.63, 3.8) is 0 Å². The lowest BCUT2D eigenvalue weighted by Gasteiger charge is -2.20. The van der Waals surface area contributed by atoms with Crippen LogP contribution in [-0.2, 0) is 18.9 Å². The normalized spacial score (nSPS) is 22.4. The first-order valence-corrected chi connectivity index (χ1v) is 5.92. The summed E-state index contributed by atoms with van der Waals surface area (Å²) in [6, 6.07) is 6.08. The van der Waals surface area contributed by atoms with Gasteiger partial charge in [0.15, 0.2) is 12.6 Å². The molecular formula is C13H16O4. The van der Waals surface area contributed by atoms with Crippen molar-refractivity contribution in [2.75, 3.05) is 26.4 Å². The molecule has 0 aliphatic carbocycles. The Balaban J connectivity index is 1.98. The van der Waals surface area contributed by atoms with Gasteiger partial charge in [-0.05, 0) is 12.5 Å². The van der Waals surface area contributed by atoms with E-state index in [2.05, 4.69) is 13.0 Å². The highest BCUT2D eigenvalue weighted by atomic mass is 16.7. The minimum Gasteiger partial charge on any atom is -0.346 e. The van der Waals surface area contributed by atoms with Crippen molar-refractivity contribution in [1.29, 1.82) is 0 Å². The van der Waals surface area contributed by atoms with E-state index < -0.39 is 0 Å². The Morgan fingerprint density at radius 2 is 1.47 bits per heavy atom. The number of aryl methyl sites for hydroxylation is 1. The van der Waals surface area contributed by atoms with Crippen molar-refractivity contribution in [3.05, 3.63) is 34.9 Å². The monoisotopic (exact) mass is 236 g/mol. The van der Waals surface area contributed by atoms with Crippen LogP contribution in [0.3, 0.4) is 0 Å². The number of hydrogen-bond donors (Lipinski definition) is 0. The molecule has 0 spiro atoms. The van der Waals surface area contributed by atoms with Gasteiger partial charge in [0, 0.05) is 11.1 Å². The average Bonchev–Trinajstić information content (AvgIpc) is 3.02. The zero-order valence-corrected chi connectivity index (χ0v) is 9.85. The van der Waals surface area contributed by atoms with Crippen LogP contribution in [0.4, 0.5) is 0 Å². The number of hydrogen-bond acceptors (Lipinski definition) is 4. The van der Waals surface area contributed by atoms with Gasteiger partial charge >= 0.3 is 0 Å². The van der Waals surface area contributed by atoms with Crippen molar-refractivity contribution in [2.24, 2.45) is 0 Å². The van der Waals surface area contributed by atoms with Gasteiger partial charge in [0.2, 0.25) is 0 Å². The van der Waals surface area contributed by atoms with Gasteiger partial charge in [-0.2, -0.15) is 0 Å². The van der Waals surface area contributed by atoms with Crippen LogP contribution in [0.15, 0.2) is 18.2 Å². The molecular weight excluding hydrogens is 220 g/mol. The Bertz CT molecular complexity index is 392. The summed E-state index contributed by atoms with van der Waals surface area (Å²) in [5, 5.41) is 0. The fraction of sp³-hybridized carbons (Fsp3) is 0.538. The Labute approximate surface area is 100 Å². The molecule has 92 valence electrons. The first kappa shape index (κ1) is 11.2. The lowest BCUT2D eigenvalue weighted by molar-refractivity contribution is -0.0640. The van der Waals surface area contributed by atoms with Crippen molar-refractivity contribution in [2.45, 2.75) is 19.5 Å². The maximum Gasteiger partial charge on any atom is 0.184 e. The van der Waals surface area contributed by atoms with Crippen molar-refractivity contribution >= 4 is 0 Å². The van der Waals surface area contributed by atoms with Gasteiger partial charge in [0.1, 0.15) is 0 Å². The molecule has 4 heteroatoms. The lowest BCUT2D eigenvalue weighted by atomic mass is 10.0. The van der Waals surface area contributed by atoms with E-state index in [0.29, 0.717) is 26.4 Å². The fourth-order valence-corrected chi connectivity index (χ4v) is 2.29. The molecule has 17 heavy (non-hydrogen) atoms. The Kier molecular flexibility index (Phi) is 3.11. The van der Waals surface area contributed by atoms with E-state index in [9.17, 15) is 0 Å². The zero-order valence-electron chi connectivity index (χ0n) is 9.85. The molecule has 0 aromatic heterocycles. The molecule has 0 atom stereocenters. The molecule has 0 amide bonds. The summed E-state index contributed by atoms with van der Waals surface area (Å²) in [7, 11) is 0. The summed E-state index contributed by atoms with van der Waals surface area (Å²) in [5.74, 6) is 0. The van der Waals surface area contributed by atoms with E-state index in [1.165, 1.54) is 0 Å². The van der Waals surface area contributed by atoms with E-state index in [1.54, 1.807) is 0 Å². The second-order valence-electron chi connectivity index (χ2n) is 4.22. The summed E-state index contributed by atoms with van der Waals surface area (Å²) >= 11 is 0. The molecule has 0 saturated carbocycles. The maximum atomic E-state index is 5.59. The molecule has 0 radical (unpaired) electrons. The zero-order chi connectivity index (χ0) is 11.7. The molecule has 2 heterocycles. The summed E-state index contributed by atoms with van der Waals surface area (Å²) in [6.45, 7) is 4.63. The van der Waals surface area contributed by atoms with Crippen LogP contribution in [0.5, 0.6) is 0 Å². The summed E-state index contributed by atoms with van der Waals surface area (Å²) in [6.07, 6.45) is -0.559. The Morgan fingerprint density at radius 1 is 0.882 bits per heavy atom. The summed E-state index contributed by atoms with van der Waals surface area (Å²) in [4.78, 5) is 0. The highest BCUT2D eigenvalue weighted by molar-refractivity contribution is 5.36. The van der Waals surface area contributed by atoms with Crippen LogP contribution in [0.2, 0.25) is 0 Å². The van der Waals surface area contributed by atoms with Crippen LogP contribution in [0.1, 0.15) is 29.3 Å². The van der Waals surface area contributed by atoms with Crippen molar-refractivity contribution < 1.29 is 18.9 Å². The first-order valence-electron chi connectivity index (χ1n) is 5.92. The molecule has 1 aromatic carbocycles. The SMILES string of the molecule is Cc1cccc(C2OCCO2)c1C1OCCO1. The molecule has 2 saturated heterocycles. The molecule has 2 aliphatic rings. The quantitative estimate of drug-likeness (QED) is 0.788. The summed E-state index contributed by atoms with van der Waals surface area (Å²) in [5.41, 5.74) is 3.22. The van der Waals surface area contributed by atoms with Crippen LogP contribution in [0, 0.1) is 6.92 Å². The van der Waals surface area contributed by atoms with E-state index >= 15 is 0 Å². The van der Waals surface area contributed by atoms with Crippen LogP contribution < -0.4 is 0 Å². The number of benzene rings is 1. The molecule has 2 fully saturated rings. The minimum atomic E-state index is -0.280. The minimum absolute atomic E-state index is 0.279. The second-order valence-corrected chi connectivity index (χ2v) is 4.22. The van der Waals surface area contributed by atoms with Gasteiger partial charge < -0.3 is 18.9 Å². The van der Waals surface area contributed by atoms with Gasteiger partial charge in [-0.1, -0.05) is 18.2 Å². The highest BCUT2D eigenvalue weighted by Crippen LogP contribution is 2.35. The molecule has 4 nitrogen and oxygen atoms in total. The number of rotatable bonds is 2. The Hall–Kier alpha value is -0.940. The Morgan fingerprint density at radius 3 is 2.12 bits per heavy atom. The van der Waals surface area contributed by atoms with Gasteiger partial charge in [0.25, 0.3) is 0 Å². The topological polar surface area (TPSA) is 36.9 Å². The van der Waals surface area contributed by atoms with Crippen LogP contribution >= 0.6 is 0 Å². The average molecular weight is 236 g/mol. The van der Waals surface area contributed by atoms with E-state index in [0.717, 1.165) is 16.7 Å². The largest absolute Gasteiger partial charge is 0.346 e. The van der Waals surface area contributed by atoms with Crippen LogP contribution in [0.25, 0.3) is 0 Å². The summed E-state index contributed by atoms with van der Waals surface area (Å²) < 4.78 is 22.3. The fourth-order valence-electron chi connectivity index (χ4n) is 2.29. The molecule has 0 bridgehead atoms. The lowest BCUT2D eigenvalue weighted by Crippen LogP contribution is -2.09. The third kappa shape index (κ3) is 2.09. The number of ether oxygens (including phenoxy) is 4. The van der Waals surface area contributed by atoms with Crippen molar-refractivity contribution in [1.82, 2.24) is 0 Å². The molecule has 0 unspecified atom stereocenters. The van der Waals surface area contributed by atoms with Crippen LogP contribution in [-0.4, -0.2) is 26.4 Å². The standard InChI is InChI=1S/C13H16O4/c1-9-3-2-4-10(12-14-5-6-15-12)11(9)13-16-7-8-17-13/h2-4,12-13H,5-8H2,1H3. The van der Waals surface area contributed by atoms with Gasteiger partial charge in [-0.15, -0.1) is 0 Å². The molecule has 1 aromatic rings. The predicted octanol–water partition coefficient (Wildman–Crippen LogP) is 2.09. The van der Waals surface area contributed by atoms with E-state index in [1.807, 2.05) is 12.1 Å². The second kappa shape index (κ2) is 4.74. The van der Waals surface area contributed by atoms with E-state index in [-0.39, 0.29) is 12.6 Å². The van der Waals surface area contributed by atoms with E-state index in [4.69, 9.17) is 18.9 Å². The highest BCUT2D eigenvalue weighted by Gasteiger charge is 2.28. The van der Waals surface area contributed by atoms with Gasteiger partial charge in [-0.3, -0.25) is 0 Å². The maximum absolute atomic E-state index is 5.59. The van der Waals surface area contributed by atoms with Gasteiger partial charge in [-0.25, -0.2) is 0 Å². The third-order valence-electron chi connectivity index (χ3n) is 3.09. The van der Waals surface area contributed by atoms with Gasteiger partial charge in [0.05, 0.1) is 26.4 Å². The van der Waals surface area contributed by atoms with Crippen molar-refractivity contribution in [3.8, 4) is 0 Å². The third-order valence-corrected chi connectivity index (χ3v) is 3.09.